The molecule has 0 atom stereocenters. The van der Waals surface area contributed by atoms with Gasteiger partial charge in [-0.2, -0.15) is 0 Å². The number of halogens is 1. The molecule has 0 radical (unpaired) electrons. The summed E-state index contributed by atoms with van der Waals surface area (Å²) in [6, 6.07) is 3.25. The van der Waals surface area contributed by atoms with Crippen molar-refractivity contribution in [1.82, 2.24) is 0 Å². The van der Waals surface area contributed by atoms with E-state index in [-0.39, 0.29) is 18.1 Å². The molecule has 90 valence electrons. The van der Waals surface area contributed by atoms with E-state index in [1.165, 1.54) is 17.4 Å². The van der Waals surface area contributed by atoms with Crippen molar-refractivity contribution in [1.29, 1.82) is 0 Å². The molecule has 2 rings (SSSR count). The maximum atomic E-state index is 11.4. The van der Waals surface area contributed by atoms with Gasteiger partial charge in [-0.05, 0) is 30.0 Å². The van der Waals surface area contributed by atoms with Gasteiger partial charge >= 0.3 is 5.97 Å². The van der Waals surface area contributed by atoms with Crippen LogP contribution in [-0.4, -0.2) is 17.7 Å². The molecular formula is C12H11ClO3S. The van der Waals surface area contributed by atoms with E-state index < -0.39 is 0 Å². The first-order chi connectivity index (χ1) is 8.11. The lowest BCUT2D eigenvalue weighted by Gasteiger charge is -2.02. The van der Waals surface area contributed by atoms with Crippen LogP contribution in [0.4, 0.5) is 0 Å². The monoisotopic (exact) mass is 270 g/mol. The van der Waals surface area contributed by atoms with Crippen LogP contribution in [0.1, 0.15) is 12.5 Å². The Balaban J connectivity index is 2.39. The third-order valence-electron chi connectivity index (χ3n) is 2.34. The summed E-state index contributed by atoms with van der Waals surface area (Å²) in [6.07, 6.45) is 0.170. The van der Waals surface area contributed by atoms with E-state index in [9.17, 15) is 9.90 Å². The molecule has 0 spiro atoms. The van der Waals surface area contributed by atoms with Gasteiger partial charge in [0.2, 0.25) is 0 Å². The summed E-state index contributed by atoms with van der Waals surface area (Å²) < 4.78 is 5.76. The molecule has 0 saturated heterocycles. The third kappa shape index (κ3) is 2.53. The van der Waals surface area contributed by atoms with E-state index in [1.54, 1.807) is 13.0 Å². The average Bonchev–Trinajstić information content (AvgIpc) is 2.61. The van der Waals surface area contributed by atoms with Crippen LogP contribution in [0.5, 0.6) is 5.75 Å². The number of phenols is 1. The van der Waals surface area contributed by atoms with Crippen LogP contribution in [0.3, 0.4) is 0 Å². The number of thiophene rings is 1. The van der Waals surface area contributed by atoms with Crippen LogP contribution < -0.4 is 0 Å². The van der Waals surface area contributed by atoms with Gasteiger partial charge in [0.05, 0.1) is 13.0 Å². The Kier molecular flexibility index (Phi) is 3.54. The van der Waals surface area contributed by atoms with Gasteiger partial charge in [-0.25, -0.2) is 0 Å². The number of hydrogen-bond donors (Lipinski definition) is 1. The average molecular weight is 271 g/mol. The number of rotatable bonds is 3. The van der Waals surface area contributed by atoms with E-state index >= 15 is 0 Å². The van der Waals surface area contributed by atoms with Crippen molar-refractivity contribution in [2.45, 2.75) is 13.3 Å². The Labute approximate surface area is 108 Å². The van der Waals surface area contributed by atoms with E-state index in [0.29, 0.717) is 17.0 Å². The second-order valence-corrected chi connectivity index (χ2v) is 4.89. The molecule has 0 unspecified atom stereocenters. The van der Waals surface area contributed by atoms with Gasteiger partial charge < -0.3 is 9.84 Å². The molecule has 17 heavy (non-hydrogen) atoms. The first-order valence-electron chi connectivity index (χ1n) is 5.16. The third-order valence-corrected chi connectivity index (χ3v) is 3.53. The van der Waals surface area contributed by atoms with Crippen molar-refractivity contribution in [3.8, 4) is 5.75 Å². The predicted molar refractivity (Wildman–Crippen MR) is 68.8 cm³/mol. The Morgan fingerprint density at radius 3 is 3.00 bits per heavy atom. The molecule has 2 aromatic rings. The highest BCUT2D eigenvalue weighted by Crippen LogP contribution is 2.36. The molecule has 0 aliphatic carbocycles. The lowest BCUT2D eigenvalue weighted by molar-refractivity contribution is -0.142. The van der Waals surface area contributed by atoms with Crippen molar-refractivity contribution >= 4 is 39.0 Å². The summed E-state index contributed by atoms with van der Waals surface area (Å²) in [5, 5.41) is 12.9. The first kappa shape index (κ1) is 12.2. The molecule has 1 aromatic heterocycles. The van der Waals surface area contributed by atoms with Crippen molar-refractivity contribution in [3.05, 3.63) is 28.1 Å². The molecule has 0 fully saturated rings. The van der Waals surface area contributed by atoms with Crippen molar-refractivity contribution in [2.24, 2.45) is 0 Å². The van der Waals surface area contributed by atoms with Gasteiger partial charge in [-0.1, -0.05) is 11.6 Å². The maximum Gasteiger partial charge on any atom is 0.310 e. The molecule has 1 heterocycles. The Morgan fingerprint density at radius 2 is 2.29 bits per heavy atom. The number of phenolic OH excluding ortho intramolecular Hbond substituents is 1. The van der Waals surface area contributed by atoms with E-state index in [2.05, 4.69) is 0 Å². The second kappa shape index (κ2) is 4.94. The van der Waals surface area contributed by atoms with Crippen molar-refractivity contribution in [3.63, 3.8) is 0 Å². The first-order valence-corrected chi connectivity index (χ1v) is 6.41. The molecule has 0 aliphatic heterocycles. The summed E-state index contributed by atoms with van der Waals surface area (Å²) in [5.74, 6) is -0.186. The van der Waals surface area contributed by atoms with Gasteiger partial charge in [0.1, 0.15) is 5.75 Å². The van der Waals surface area contributed by atoms with Crippen molar-refractivity contribution < 1.29 is 14.6 Å². The fraction of sp³-hybridized carbons (Fsp3) is 0.250. The topological polar surface area (TPSA) is 46.5 Å². The normalized spacial score (nSPS) is 10.7. The number of hydrogen-bond acceptors (Lipinski definition) is 4. The minimum absolute atomic E-state index is 0.105. The van der Waals surface area contributed by atoms with Crippen molar-refractivity contribution in [2.75, 3.05) is 6.61 Å². The number of fused-ring (bicyclic) bond motifs is 1. The number of carbonyl (C=O) groups is 1. The van der Waals surface area contributed by atoms with Crippen LogP contribution in [0.15, 0.2) is 17.5 Å². The van der Waals surface area contributed by atoms with Gasteiger partial charge in [-0.15, -0.1) is 11.3 Å². The zero-order valence-electron chi connectivity index (χ0n) is 9.20. The number of benzene rings is 1. The lowest BCUT2D eigenvalue weighted by Crippen LogP contribution is -2.06. The van der Waals surface area contributed by atoms with Crippen LogP contribution in [-0.2, 0) is 16.0 Å². The quantitative estimate of drug-likeness (QED) is 0.870. The van der Waals surface area contributed by atoms with E-state index in [4.69, 9.17) is 16.3 Å². The van der Waals surface area contributed by atoms with Gasteiger partial charge in [0, 0.05) is 15.1 Å². The molecule has 1 N–H and O–H groups in total. The van der Waals surface area contributed by atoms with Gasteiger partial charge in [0.15, 0.2) is 0 Å². The summed E-state index contributed by atoms with van der Waals surface area (Å²) >= 11 is 7.29. The number of carbonyl (C=O) groups excluding carboxylic acids is 1. The number of ether oxygens (including phenoxy) is 1. The lowest BCUT2D eigenvalue weighted by atomic mass is 10.1. The van der Waals surface area contributed by atoms with Gasteiger partial charge in [-0.3, -0.25) is 4.79 Å². The summed E-state index contributed by atoms with van der Waals surface area (Å²) in [7, 11) is 0. The standard InChI is InChI=1S/C12H11ClO3S/c1-2-16-11(15)3-7-6-17-10-5-8(13)4-9(14)12(7)10/h4-6,14H,2-3H2,1H3. The molecule has 0 aliphatic rings. The second-order valence-electron chi connectivity index (χ2n) is 3.54. The fourth-order valence-electron chi connectivity index (χ4n) is 1.67. The van der Waals surface area contributed by atoms with Crippen LogP contribution in [0.2, 0.25) is 5.02 Å². The van der Waals surface area contributed by atoms with E-state index in [0.717, 1.165) is 10.3 Å². The Bertz CT molecular complexity index is 562. The highest BCUT2D eigenvalue weighted by Gasteiger charge is 2.13. The molecule has 0 saturated carbocycles. The molecule has 3 nitrogen and oxygen atoms in total. The predicted octanol–water partition coefficient (Wildman–Crippen LogP) is 3.37. The largest absolute Gasteiger partial charge is 0.507 e. The molecule has 0 amide bonds. The highest BCUT2D eigenvalue weighted by atomic mass is 35.5. The maximum absolute atomic E-state index is 11.4. The minimum atomic E-state index is -0.290. The SMILES string of the molecule is CCOC(=O)Cc1csc2cc(Cl)cc(O)c12. The van der Waals surface area contributed by atoms with Crippen LogP contribution in [0, 0.1) is 0 Å². The molecule has 0 bridgehead atoms. The number of esters is 1. The fourth-order valence-corrected chi connectivity index (χ4v) is 2.97. The summed E-state index contributed by atoms with van der Waals surface area (Å²) in [4.78, 5) is 11.4. The van der Waals surface area contributed by atoms with Gasteiger partial charge in [0.25, 0.3) is 0 Å². The zero-order valence-corrected chi connectivity index (χ0v) is 10.8. The zero-order chi connectivity index (χ0) is 12.4. The summed E-state index contributed by atoms with van der Waals surface area (Å²) in [5.41, 5.74) is 0.776. The van der Waals surface area contributed by atoms with Crippen LogP contribution >= 0.6 is 22.9 Å². The van der Waals surface area contributed by atoms with E-state index in [1.807, 2.05) is 5.38 Å². The Hall–Kier alpha value is -1.26. The molecular weight excluding hydrogens is 260 g/mol. The molecule has 1 aromatic carbocycles. The minimum Gasteiger partial charge on any atom is -0.507 e. The summed E-state index contributed by atoms with van der Waals surface area (Å²) in [6.45, 7) is 2.12. The molecule has 5 heteroatoms. The number of aromatic hydroxyl groups is 1. The van der Waals surface area contributed by atoms with Crippen LogP contribution in [0.25, 0.3) is 10.1 Å². The Morgan fingerprint density at radius 1 is 1.53 bits per heavy atom. The smallest absolute Gasteiger partial charge is 0.310 e. The highest BCUT2D eigenvalue weighted by molar-refractivity contribution is 7.17.